The molecule has 0 aliphatic rings. The summed E-state index contributed by atoms with van der Waals surface area (Å²) in [6.07, 6.45) is -7.30. The number of nitrogens with one attached hydrogen (secondary N) is 2. The van der Waals surface area contributed by atoms with Crippen LogP contribution in [0, 0.1) is 5.41 Å². The Morgan fingerprint density at radius 1 is 1.18 bits per heavy atom. The number of hydrogen-bond acceptors (Lipinski definition) is 8. The Balaban J connectivity index is 2.09. The summed E-state index contributed by atoms with van der Waals surface area (Å²) in [6, 6.07) is 1.75. The number of pyridine rings is 1. The highest BCUT2D eigenvalue weighted by Crippen LogP contribution is 2.32. The molecule has 0 aliphatic heterocycles. The van der Waals surface area contributed by atoms with E-state index in [1.54, 1.807) is 0 Å². The number of anilines is 1. The van der Waals surface area contributed by atoms with Crippen molar-refractivity contribution in [3.8, 4) is 11.5 Å². The number of halogens is 6. The predicted octanol–water partition coefficient (Wildman–Crippen LogP) is 3.75. The van der Waals surface area contributed by atoms with Crippen molar-refractivity contribution >= 4 is 32.4 Å². The molecular weight excluding hydrogens is 492 g/mol. The fraction of sp³-hybridized carbons (Fsp3) is 0.278. The van der Waals surface area contributed by atoms with Crippen LogP contribution < -0.4 is 5.32 Å². The third-order valence-corrected chi connectivity index (χ3v) is 6.23. The van der Waals surface area contributed by atoms with Crippen LogP contribution in [0.5, 0.6) is 0 Å². The number of rotatable bonds is 6. The molecule has 0 atom stereocenters. The molecule has 34 heavy (non-hydrogen) atoms. The van der Waals surface area contributed by atoms with Gasteiger partial charge < -0.3 is 9.88 Å². The van der Waals surface area contributed by atoms with Crippen LogP contribution in [0.3, 0.4) is 0 Å². The van der Waals surface area contributed by atoms with Gasteiger partial charge in [0, 0.05) is 19.3 Å². The van der Waals surface area contributed by atoms with Crippen LogP contribution in [0.4, 0.5) is 32.0 Å². The van der Waals surface area contributed by atoms with Gasteiger partial charge in [0.2, 0.25) is 0 Å². The Morgan fingerprint density at radius 2 is 1.85 bits per heavy atom. The first-order valence-corrected chi connectivity index (χ1v) is 10.9. The van der Waals surface area contributed by atoms with Gasteiger partial charge in [-0.2, -0.15) is 26.3 Å². The summed E-state index contributed by atoms with van der Waals surface area (Å²) in [4.78, 5) is 7.73. The lowest BCUT2D eigenvalue weighted by atomic mass is 10.3. The SMILES string of the molecule is CCS(=O)(=O)c1cc(N/C=C\C(=N)C(F)(F)F)cnc1-c1nc2cc(C(F)(F)F)nnc2n1C. The number of sulfone groups is 1. The topological polar surface area (TPSA) is 127 Å². The van der Waals surface area contributed by atoms with E-state index in [0.717, 1.165) is 18.5 Å². The second-order valence-corrected chi connectivity index (χ2v) is 9.04. The van der Waals surface area contributed by atoms with Crippen LogP contribution in [0.15, 0.2) is 35.5 Å². The number of imidazole rings is 1. The standard InChI is InChI=1S/C18H15F6N7O2S/c1-3-34(32,33)11-6-9(26-5-4-12(25)17(19,20)21)8-27-14(11)16-28-10-7-13(18(22,23)24)29-30-15(10)31(16)2/h4-8,25-26H,3H2,1-2H3/b5-4-,25-12?. The third kappa shape index (κ3) is 5.00. The fourth-order valence-electron chi connectivity index (χ4n) is 2.74. The summed E-state index contributed by atoms with van der Waals surface area (Å²) < 4.78 is 103. The molecule has 0 spiro atoms. The minimum atomic E-state index is -4.86. The van der Waals surface area contributed by atoms with Gasteiger partial charge >= 0.3 is 12.4 Å². The van der Waals surface area contributed by atoms with Crippen molar-refractivity contribution in [1.29, 1.82) is 5.41 Å². The normalized spacial score (nSPS) is 13.1. The highest BCUT2D eigenvalue weighted by Gasteiger charge is 2.34. The molecular formula is C18H15F6N7O2S. The summed E-state index contributed by atoms with van der Waals surface area (Å²) >= 11 is 0. The number of aryl methyl sites for hydroxylation is 1. The van der Waals surface area contributed by atoms with Gasteiger partial charge in [-0.25, -0.2) is 18.4 Å². The minimum absolute atomic E-state index is 0.0140. The zero-order valence-corrected chi connectivity index (χ0v) is 18.1. The average Bonchev–Trinajstić information content (AvgIpc) is 3.08. The smallest absolute Gasteiger partial charge is 0.360 e. The lowest BCUT2D eigenvalue weighted by molar-refractivity contribution is -0.141. The highest BCUT2D eigenvalue weighted by atomic mass is 32.2. The summed E-state index contributed by atoms with van der Waals surface area (Å²) in [5, 5.41) is 15.9. The molecule has 0 radical (unpaired) electrons. The third-order valence-electron chi connectivity index (χ3n) is 4.49. The highest BCUT2D eigenvalue weighted by molar-refractivity contribution is 7.91. The van der Waals surface area contributed by atoms with Gasteiger partial charge in [-0.05, 0) is 12.1 Å². The number of fused-ring (bicyclic) bond motifs is 1. The lowest BCUT2D eigenvalue weighted by Gasteiger charge is -2.11. The minimum Gasteiger partial charge on any atom is -0.360 e. The largest absolute Gasteiger partial charge is 0.435 e. The van der Waals surface area contributed by atoms with E-state index in [1.807, 2.05) is 0 Å². The second kappa shape index (κ2) is 8.66. The lowest BCUT2D eigenvalue weighted by Crippen LogP contribution is -2.19. The maximum absolute atomic E-state index is 13.0. The number of alkyl halides is 6. The molecule has 182 valence electrons. The van der Waals surface area contributed by atoms with Gasteiger partial charge in [-0.1, -0.05) is 6.92 Å². The first-order chi connectivity index (χ1) is 15.6. The van der Waals surface area contributed by atoms with E-state index in [1.165, 1.54) is 18.5 Å². The van der Waals surface area contributed by atoms with Gasteiger partial charge in [0.25, 0.3) is 0 Å². The first-order valence-electron chi connectivity index (χ1n) is 9.24. The molecule has 3 rings (SSSR count). The molecule has 0 bridgehead atoms. The molecule has 0 saturated carbocycles. The van der Waals surface area contributed by atoms with Crippen molar-refractivity contribution in [2.45, 2.75) is 24.2 Å². The van der Waals surface area contributed by atoms with Crippen LogP contribution in [-0.2, 0) is 23.1 Å². The number of allylic oxidation sites excluding steroid dienone is 1. The maximum Gasteiger partial charge on any atom is 0.435 e. The Bertz CT molecular complexity index is 1390. The fourth-order valence-corrected chi connectivity index (χ4v) is 3.79. The maximum atomic E-state index is 13.0. The van der Waals surface area contributed by atoms with Crippen molar-refractivity contribution in [3.05, 3.63) is 36.3 Å². The summed E-state index contributed by atoms with van der Waals surface area (Å²) in [6.45, 7) is 1.35. The molecule has 3 aromatic heterocycles. The Kier molecular flexibility index (Phi) is 6.38. The average molecular weight is 507 g/mol. The molecule has 3 aromatic rings. The van der Waals surface area contributed by atoms with E-state index in [9.17, 15) is 34.8 Å². The quantitative estimate of drug-likeness (QED) is 0.384. The number of nitrogens with zero attached hydrogens (tertiary/aromatic N) is 5. The molecule has 0 amide bonds. The van der Waals surface area contributed by atoms with Crippen molar-refractivity contribution in [3.63, 3.8) is 0 Å². The van der Waals surface area contributed by atoms with Crippen molar-refractivity contribution in [1.82, 2.24) is 24.7 Å². The van der Waals surface area contributed by atoms with Crippen LogP contribution in [0.1, 0.15) is 12.6 Å². The Morgan fingerprint density at radius 3 is 2.44 bits per heavy atom. The molecule has 0 aliphatic carbocycles. The van der Waals surface area contributed by atoms with E-state index >= 15 is 0 Å². The molecule has 3 heterocycles. The van der Waals surface area contributed by atoms with E-state index in [4.69, 9.17) is 5.41 Å². The zero-order valence-electron chi connectivity index (χ0n) is 17.3. The molecule has 0 fully saturated rings. The van der Waals surface area contributed by atoms with Crippen molar-refractivity contribution in [2.75, 3.05) is 11.1 Å². The van der Waals surface area contributed by atoms with Gasteiger partial charge in [-0.3, -0.25) is 5.41 Å². The molecule has 9 nitrogen and oxygen atoms in total. The van der Waals surface area contributed by atoms with Crippen LogP contribution in [0.2, 0.25) is 0 Å². The summed E-state index contributed by atoms with van der Waals surface area (Å²) in [5.74, 6) is -0.488. The molecule has 2 N–H and O–H groups in total. The molecule has 16 heteroatoms. The first kappa shape index (κ1) is 25.1. The Hall–Kier alpha value is -3.56. The molecule has 0 saturated heterocycles. The second-order valence-electron chi connectivity index (χ2n) is 6.79. The predicted molar refractivity (Wildman–Crippen MR) is 109 cm³/mol. The van der Waals surface area contributed by atoms with Gasteiger partial charge in [0.15, 0.2) is 27.0 Å². The van der Waals surface area contributed by atoms with E-state index in [2.05, 4.69) is 25.5 Å². The van der Waals surface area contributed by atoms with Gasteiger partial charge in [-0.15, -0.1) is 10.2 Å². The van der Waals surface area contributed by atoms with Crippen molar-refractivity contribution in [2.24, 2.45) is 7.05 Å². The molecule has 0 unspecified atom stereocenters. The van der Waals surface area contributed by atoms with Crippen molar-refractivity contribution < 1.29 is 34.8 Å². The Labute approximate surface area is 188 Å². The monoisotopic (exact) mass is 507 g/mol. The van der Waals surface area contributed by atoms with Crippen LogP contribution in [0.25, 0.3) is 22.7 Å². The number of hydrogen-bond donors (Lipinski definition) is 2. The van der Waals surface area contributed by atoms with Crippen LogP contribution in [-0.4, -0.2) is 50.8 Å². The summed E-state index contributed by atoms with van der Waals surface area (Å²) in [5.41, 5.74) is -3.38. The summed E-state index contributed by atoms with van der Waals surface area (Å²) in [7, 11) is -2.58. The van der Waals surface area contributed by atoms with Gasteiger partial charge in [0.1, 0.15) is 16.9 Å². The van der Waals surface area contributed by atoms with Crippen LogP contribution >= 0.6 is 0 Å². The number of aromatic nitrogens is 5. The van der Waals surface area contributed by atoms with Gasteiger partial charge in [0.05, 0.1) is 22.5 Å². The van der Waals surface area contributed by atoms with E-state index in [-0.39, 0.29) is 39.0 Å². The van der Waals surface area contributed by atoms with E-state index < -0.39 is 33.6 Å². The molecule has 0 aromatic carbocycles. The zero-order chi connectivity index (χ0) is 25.5. The van der Waals surface area contributed by atoms with E-state index in [0.29, 0.717) is 12.1 Å².